The molecule has 4 rings (SSSR count). The van der Waals surface area contributed by atoms with Gasteiger partial charge in [0.15, 0.2) is 16.8 Å². The Morgan fingerprint density at radius 2 is 2.12 bits per heavy atom. The zero-order valence-electron chi connectivity index (χ0n) is 13.1. The smallest absolute Gasteiger partial charge is 0.226 e. The van der Waals surface area contributed by atoms with Crippen LogP contribution in [0.25, 0.3) is 11.4 Å². The van der Waals surface area contributed by atoms with Crippen molar-refractivity contribution < 1.29 is 8.91 Å². The molecule has 0 amide bonds. The molecule has 0 atom stereocenters. The summed E-state index contributed by atoms with van der Waals surface area (Å²) < 4.78 is 21.3. The predicted octanol–water partition coefficient (Wildman–Crippen LogP) is 3.66. The van der Waals surface area contributed by atoms with Crippen molar-refractivity contribution >= 4 is 11.8 Å². The van der Waals surface area contributed by atoms with Gasteiger partial charge in [-0.3, -0.25) is 4.57 Å². The Balaban J connectivity index is 1.61. The van der Waals surface area contributed by atoms with E-state index in [2.05, 4.69) is 20.3 Å². The quantitative estimate of drug-likeness (QED) is 0.635. The Morgan fingerprint density at radius 3 is 2.83 bits per heavy atom. The molecule has 1 fully saturated rings. The van der Waals surface area contributed by atoms with Gasteiger partial charge in [0, 0.05) is 12.5 Å². The molecule has 0 aliphatic heterocycles. The van der Waals surface area contributed by atoms with Crippen molar-refractivity contribution in [3.63, 3.8) is 0 Å². The second-order valence-electron chi connectivity index (χ2n) is 5.63. The number of hydrogen-bond donors (Lipinski definition) is 0. The zero-order valence-corrected chi connectivity index (χ0v) is 14.0. The van der Waals surface area contributed by atoms with Gasteiger partial charge in [0.2, 0.25) is 5.89 Å². The maximum Gasteiger partial charge on any atom is 0.226 e. The van der Waals surface area contributed by atoms with Gasteiger partial charge in [0.25, 0.3) is 0 Å². The summed E-state index contributed by atoms with van der Waals surface area (Å²) >= 11 is 1.50. The molecule has 1 aliphatic carbocycles. The lowest BCUT2D eigenvalue weighted by Crippen LogP contribution is -2.01. The summed E-state index contributed by atoms with van der Waals surface area (Å²) in [5, 5.41) is 13.2. The van der Waals surface area contributed by atoms with E-state index in [0.29, 0.717) is 41.3 Å². The van der Waals surface area contributed by atoms with E-state index >= 15 is 0 Å². The van der Waals surface area contributed by atoms with Crippen molar-refractivity contribution in [3.8, 4) is 11.4 Å². The number of halogens is 1. The van der Waals surface area contributed by atoms with Crippen LogP contribution < -0.4 is 0 Å². The van der Waals surface area contributed by atoms with Gasteiger partial charge in [-0.05, 0) is 25.0 Å². The summed E-state index contributed by atoms with van der Waals surface area (Å²) in [6.45, 7) is 1.97. The van der Waals surface area contributed by atoms with Gasteiger partial charge in [-0.15, -0.1) is 10.2 Å². The first kappa shape index (κ1) is 15.3. The van der Waals surface area contributed by atoms with Crippen molar-refractivity contribution in [2.45, 2.75) is 43.1 Å². The minimum atomic E-state index is -0.283. The summed E-state index contributed by atoms with van der Waals surface area (Å²) in [5.41, 5.74) is 0.483. The number of benzene rings is 1. The molecule has 0 saturated heterocycles. The maximum absolute atomic E-state index is 14.1. The molecule has 124 valence electrons. The Morgan fingerprint density at radius 1 is 1.29 bits per heavy atom. The van der Waals surface area contributed by atoms with Gasteiger partial charge >= 0.3 is 0 Å². The van der Waals surface area contributed by atoms with Crippen molar-refractivity contribution in [2.24, 2.45) is 0 Å². The molecule has 0 bridgehead atoms. The second kappa shape index (κ2) is 6.35. The average molecular weight is 345 g/mol. The standard InChI is InChI=1S/C16H16FN5OS/c1-2-14-18-13(21-23-14)9-24-16-20-19-15(22(16)10-7-8-10)11-5-3-4-6-12(11)17/h3-6,10H,2,7-9H2,1H3. The second-order valence-corrected chi connectivity index (χ2v) is 6.58. The highest BCUT2D eigenvalue weighted by Gasteiger charge is 2.31. The molecule has 1 aliphatic rings. The van der Waals surface area contributed by atoms with E-state index in [1.807, 2.05) is 17.6 Å². The maximum atomic E-state index is 14.1. The first-order chi connectivity index (χ1) is 11.8. The van der Waals surface area contributed by atoms with E-state index in [-0.39, 0.29) is 5.82 Å². The van der Waals surface area contributed by atoms with Crippen LogP contribution in [0.5, 0.6) is 0 Å². The summed E-state index contributed by atoms with van der Waals surface area (Å²) in [5.74, 6) is 2.11. The van der Waals surface area contributed by atoms with Gasteiger partial charge in [-0.2, -0.15) is 4.98 Å². The van der Waals surface area contributed by atoms with Crippen molar-refractivity contribution in [1.29, 1.82) is 0 Å². The predicted molar refractivity (Wildman–Crippen MR) is 86.9 cm³/mol. The SMILES string of the molecule is CCc1nc(CSc2nnc(-c3ccccc3F)n2C2CC2)no1. The molecule has 0 unspecified atom stereocenters. The van der Waals surface area contributed by atoms with Crippen LogP contribution in [-0.2, 0) is 12.2 Å². The highest BCUT2D eigenvalue weighted by molar-refractivity contribution is 7.98. The van der Waals surface area contributed by atoms with Crippen LogP contribution in [-0.4, -0.2) is 24.9 Å². The fourth-order valence-electron chi connectivity index (χ4n) is 2.49. The van der Waals surface area contributed by atoms with E-state index in [4.69, 9.17) is 4.52 Å². The van der Waals surface area contributed by atoms with Crippen LogP contribution in [0, 0.1) is 5.82 Å². The molecule has 2 aromatic heterocycles. The summed E-state index contributed by atoms with van der Waals surface area (Å²) in [7, 11) is 0. The number of rotatable bonds is 6. The summed E-state index contributed by atoms with van der Waals surface area (Å²) in [6.07, 6.45) is 2.85. The number of aromatic nitrogens is 5. The van der Waals surface area contributed by atoms with Crippen LogP contribution in [0.2, 0.25) is 0 Å². The molecule has 6 nitrogen and oxygen atoms in total. The molecular formula is C16H16FN5OS. The number of nitrogens with zero attached hydrogens (tertiary/aromatic N) is 5. The fourth-order valence-corrected chi connectivity index (χ4v) is 3.33. The zero-order chi connectivity index (χ0) is 16.5. The highest BCUT2D eigenvalue weighted by atomic mass is 32.2. The third-order valence-corrected chi connectivity index (χ3v) is 4.77. The van der Waals surface area contributed by atoms with E-state index < -0.39 is 0 Å². The van der Waals surface area contributed by atoms with Gasteiger partial charge in [-0.25, -0.2) is 4.39 Å². The Labute approximate surface area is 142 Å². The Hall–Kier alpha value is -2.22. The highest BCUT2D eigenvalue weighted by Crippen LogP contribution is 2.41. The molecule has 1 saturated carbocycles. The van der Waals surface area contributed by atoms with Gasteiger partial charge in [0.1, 0.15) is 5.82 Å². The van der Waals surface area contributed by atoms with Crippen molar-refractivity contribution in [2.75, 3.05) is 0 Å². The van der Waals surface area contributed by atoms with Crippen molar-refractivity contribution in [3.05, 3.63) is 41.8 Å². The van der Waals surface area contributed by atoms with Crippen LogP contribution in [0.15, 0.2) is 33.9 Å². The molecule has 3 aromatic rings. The van der Waals surface area contributed by atoms with E-state index in [0.717, 1.165) is 18.0 Å². The largest absolute Gasteiger partial charge is 0.339 e. The third kappa shape index (κ3) is 2.93. The van der Waals surface area contributed by atoms with E-state index in [1.165, 1.54) is 17.8 Å². The lowest BCUT2D eigenvalue weighted by Gasteiger charge is -2.08. The minimum Gasteiger partial charge on any atom is -0.339 e. The van der Waals surface area contributed by atoms with Gasteiger partial charge < -0.3 is 4.52 Å². The first-order valence-corrected chi connectivity index (χ1v) is 8.89. The topological polar surface area (TPSA) is 69.6 Å². The Kier molecular flexibility index (Phi) is 4.05. The molecule has 8 heteroatoms. The summed E-state index contributed by atoms with van der Waals surface area (Å²) in [6, 6.07) is 7.00. The van der Waals surface area contributed by atoms with Crippen LogP contribution in [0.1, 0.15) is 37.5 Å². The third-order valence-electron chi connectivity index (χ3n) is 3.83. The normalized spacial score (nSPS) is 14.2. The monoisotopic (exact) mass is 345 g/mol. The number of aryl methyl sites for hydroxylation is 1. The molecule has 1 aromatic carbocycles. The number of hydrogen-bond acceptors (Lipinski definition) is 6. The Bertz CT molecular complexity index is 858. The lowest BCUT2D eigenvalue weighted by atomic mass is 10.2. The molecular weight excluding hydrogens is 329 g/mol. The van der Waals surface area contributed by atoms with Crippen LogP contribution >= 0.6 is 11.8 Å². The van der Waals surface area contributed by atoms with Gasteiger partial charge in [-0.1, -0.05) is 36.0 Å². The molecule has 0 N–H and O–H groups in total. The first-order valence-electron chi connectivity index (χ1n) is 7.90. The van der Waals surface area contributed by atoms with Crippen LogP contribution in [0.3, 0.4) is 0 Å². The van der Waals surface area contributed by atoms with Crippen molar-refractivity contribution in [1.82, 2.24) is 24.9 Å². The van der Waals surface area contributed by atoms with E-state index in [9.17, 15) is 4.39 Å². The lowest BCUT2D eigenvalue weighted by molar-refractivity contribution is 0.378. The minimum absolute atomic E-state index is 0.283. The molecule has 0 radical (unpaired) electrons. The fraction of sp³-hybridized carbons (Fsp3) is 0.375. The molecule has 24 heavy (non-hydrogen) atoms. The average Bonchev–Trinajstić information content (AvgIpc) is 3.18. The number of thioether (sulfide) groups is 1. The van der Waals surface area contributed by atoms with Gasteiger partial charge in [0.05, 0.1) is 11.3 Å². The van der Waals surface area contributed by atoms with E-state index in [1.54, 1.807) is 12.1 Å². The van der Waals surface area contributed by atoms with Crippen LogP contribution in [0.4, 0.5) is 4.39 Å². The molecule has 0 spiro atoms. The molecule has 2 heterocycles. The summed E-state index contributed by atoms with van der Waals surface area (Å²) in [4.78, 5) is 4.30.